The Bertz CT molecular complexity index is 422. The van der Waals surface area contributed by atoms with Gasteiger partial charge in [0, 0.05) is 25.9 Å². The Labute approximate surface area is 152 Å². The third-order valence-corrected chi connectivity index (χ3v) is 4.85. The average Bonchev–Trinajstić information content (AvgIpc) is 2.96. The molecule has 0 spiro atoms. The van der Waals surface area contributed by atoms with Gasteiger partial charge in [0.05, 0.1) is 19.3 Å². The lowest BCUT2D eigenvalue weighted by atomic mass is 10.1. The summed E-state index contributed by atoms with van der Waals surface area (Å²) < 4.78 is 4.61. The van der Waals surface area contributed by atoms with Crippen molar-refractivity contribution in [3.63, 3.8) is 0 Å². The van der Waals surface area contributed by atoms with E-state index in [1.807, 2.05) is 6.08 Å². The number of allylic oxidation sites excluding steroid dienone is 1. The molecule has 1 saturated heterocycles. The maximum absolute atomic E-state index is 12.1. The van der Waals surface area contributed by atoms with E-state index >= 15 is 0 Å². The molecular weight excluding hydrogens is 318 g/mol. The van der Waals surface area contributed by atoms with Crippen LogP contribution in [0.2, 0.25) is 0 Å². The van der Waals surface area contributed by atoms with E-state index in [2.05, 4.69) is 22.6 Å². The Kier molecular flexibility index (Phi) is 11.4. The van der Waals surface area contributed by atoms with Crippen LogP contribution >= 0.6 is 0 Å². The van der Waals surface area contributed by atoms with E-state index in [0.717, 1.165) is 51.6 Å². The molecule has 1 rings (SSSR count). The highest BCUT2D eigenvalue weighted by Crippen LogP contribution is 2.19. The summed E-state index contributed by atoms with van der Waals surface area (Å²) in [5, 5.41) is 10.1. The first-order valence-electron chi connectivity index (χ1n) is 9.75. The molecular formula is C20H35NO4. The molecule has 5 nitrogen and oxygen atoms in total. The first kappa shape index (κ1) is 21.8. The molecule has 1 aliphatic heterocycles. The zero-order chi connectivity index (χ0) is 18.5. The second kappa shape index (κ2) is 13.1. The van der Waals surface area contributed by atoms with Crippen LogP contribution in [0.1, 0.15) is 71.1 Å². The predicted molar refractivity (Wildman–Crippen MR) is 99.4 cm³/mol. The van der Waals surface area contributed by atoms with Crippen molar-refractivity contribution < 1.29 is 19.4 Å². The fraction of sp³-hybridized carbons (Fsp3) is 0.800. The van der Waals surface area contributed by atoms with Crippen LogP contribution in [-0.4, -0.2) is 54.1 Å². The lowest BCUT2D eigenvalue weighted by Crippen LogP contribution is -2.34. The second-order valence-electron chi connectivity index (χ2n) is 6.88. The molecule has 0 aromatic rings. The molecule has 0 aromatic carbocycles. The van der Waals surface area contributed by atoms with E-state index in [9.17, 15) is 14.7 Å². The lowest BCUT2D eigenvalue weighted by molar-refractivity contribution is -0.140. The van der Waals surface area contributed by atoms with Crippen LogP contribution in [0.4, 0.5) is 0 Å². The van der Waals surface area contributed by atoms with Gasteiger partial charge in [0.15, 0.2) is 5.78 Å². The molecule has 1 unspecified atom stereocenters. The van der Waals surface area contributed by atoms with Crippen LogP contribution in [0.25, 0.3) is 0 Å². The average molecular weight is 354 g/mol. The van der Waals surface area contributed by atoms with Gasteiger partial charge in [0.25, 0.3) is 0 Å². The molecule has 2 atom stereocenters. The van der Waals surface area contributed by atoms with Crippen LogP contribution in [0.15, 0.2) is 12.2 Å². The number of rotatable bonds is 13. The molecule has 0 bridgehead atoms. The number of aliphatic hydroxyl groups is 1. The summed E-state index contributed by atoms with van der Waals surface area (Å²) >= 11 is 0. The molecule has 0 radical (unpaired) electrons. The molecule has 5 heteroatoms. The van der Waals surface area contributed by atoms with Crippen molar-refractivity contribution in [2.75, 3.05) is 20.2 Å². The summed E-state index contributed by atoms with van der Waals surface area (Å²) in [6.45, 7) is 3.76. The van der Waals surface area contributed by atoms with E-state index in [1.54, 1.807) is 0 Å². The highest BCUT2D eigenvalue weighted by Gasteiger charge is 2.31. The van der Waals surface area contributed by atoms with Crippen molar-refractivity contribution in [1.29, 1.82) is 0 Å². The fourth-order valence-corrected chi connectivity index (χ4v) is 3.23. The van der Waals surface area contributed by atoms with E-state index < -0.39 is 0 Å². The van der Waals surface area contributed by atoms with Crippen LogP contribution in [-0.2, 0) is 14.3 Å². The minimum absolute atomic E-state index is 0.0419. The number of likely N-dealkylation sites (tertiary alicyclic amines) is 1. The number of ether oxygens (including phenoxy) is 1. The molecule has 1 heterocycles. The fourth-order valence-electron chi connectivity index (χ4n) is 3.23. The summed E-state index contributed by atoms with van der Waals surface area (Å²) in [6, 6.07) is -0.0419. The van der Waals surface area contributed by atoms with Gasteiger partial charge in [-0.25, -0.2) is 0 Å². The number of Topliss-reactive ketones (excluding diaryl/α,β-unsaturated/α-hetero) is 1. The minimum atomic E-state index is -0.253. The smallest absolute Gasteiger partial charge is 0.305 e. The summed E-state index contributed by atoms with van der Waals surface area (Å²) in [4.78, 5) is 25.3. The highest BCUT2D eigenvalue weighted by atomic mass is 16.5. The van der Waals surface area contributed by atoms with Crippen molar-refractivity contribution in [3.8, 4) is 0 Å². The van der Waals surface area contributed by atoms with Gasteiger partial charge < -0.3 is 9.84 Å². The molecule has 0 amide bonds. The lowest BCUT2D eigenvalue weighted by Gasteiger charge is -2.23. The molecule has 25 heavy (non-hydrogen) atoms. The van der Waals surface area contributed by atoms with Gasteiger partial charge in [-0.3, -0.25) is 14.5 Å². The maximum Gasteiger partial charge on any atom is 0.305 e. The number of nitrogens with zero attached hydrogens (tertiary/aromatic N) is 1. The Morgan fingerprint density at radius 1 is 1.32 bits per heavy atom. The summed E-state index contributed by atoms with van der Waals surface area (Å²) in [6.07, 6.45) is 12.2. The number of carbonyl (C=O) groups excluding carboxylic acids is 2. The monoisotopic (exact) mass is 353 g/mol. The Hall–Kier alpha value is -1.20. The van der Waals surface area contributed by atoms with Crippen LogP contribution in [0.3, 0.4) is 0 Å². The quantitative estimate of drug-likeness (QED) is 0.313. The zero-order valence-electron chi connectivity index (χ0n) is 15.9. The third kappa shape index (κ3) is 9.17. The molecule has 1 aliphatic rings. The molecule has 0 aliphatic carbocycles. The normalized spacial score (nSPS) is 19.6. The molecule has 0 saturated carbocycles. The van der Waals surface area contributed by atoms with Crippen molar-refractivity contribution in [3.05, 3.63) is 12.2 Å². The van der Waals surface area contributed by atoms with Gasteiger partial charge in [0.1, 0.15) is 0 Å². The number of unbranched alkanes of at least 4 members (excludes halogenated alkanes) is 3. The second-order valence-corrected chi connectivity index (χ2v) is 6.88. The number of aliphatic hydroxyl groups excluding tert-OH is 1. The van der Waals surface area contributed by atoms with Gasteiger partial charge in [-0.05, 0) is 32.1 Å². The molecule has 144 valence electrons. The molecule has 0 aromatic heterocycles. The summed E-state index contributed by atoms with van der Waals surface area (Å²) in [5.74, 6) is 0.128. The third-order valence-electron chi connectivity index (χ3n) is 4.85. The Balaban J connectivity index is 2.26. The van der Waals surface area contributed by atoms with Gasteiger partial charge in [0.2, 0.25) is 0 Å². The topological polar surface area (TPSA) is 66.8 Å². The van der Waals surface area contributed by atoms with E-state index in [0.29, 0.717) is 18.6 Å². The number of hydrogen-bond donors (Lipinski definition) is 1. The highest BCUT2D eigenvalue weighted by molar-refractivity contribution is 5.86. The number of ketones is 1. The van der Waals surface area contributed by atoms with Gasteiger partial charge in [-0.1, -0.05) is 38.3 Å². The first-order valence-corrected chi connectivity index (χ1v) is 9.75. The predicted octanol–water partition coefficient (Wildman–Crippen LogP) is 3.25. The summed E-state index contributed by atoms with van der Waals surface area (Å²) in [5.41, 5.74) is 0. The number of methoxy groups -OCH3 is 1. The Morgan fingerprint density at radius 2 is 2.12 bits per heavy atom. The van der Waals surface area contributed by atoms with Crippen molar-refractivity contribution in [2.45, 2.75) is 83.3 Å². The van der Waals surface area contributed by atoms with Crippen molar-refractivity contribution >= 4 is 11.8 Å². The number of carbonyl (C=O) groups is 2. The number of esters is 1. The summed E-state index contributed by atoms with van der Waals surface area (Å²) in [7, 11) is 1.40. The van der Waals surface area contributed by atoms with Gasteiger partial charge >= 0.3 is 5.97 Å². The van der Waals surface area contributed by atoms with Crippen molar-refractivity contribution in [1.82, 2.24) is 4.90 Å². The Morgan fingerprint density at radius 3 is 2.84 bits per heavy atom. The van der Waals surface area contributed by atoms with Crippen LogP contribution in [0, 0.1) is 0 Å². The minimum Gasteiger partial charge on any atom is -0.469 e. The maximum atomic E-state index is 12.1. The van der Waals surface area contributed by atoms with Gasteiger partial charge in [-0.15, -0.1) is 0 Å². The molecule has 1 N–H and O–H groups in total. The van der Waals surface area contributed by atoms with E-state index in [-0.39, 0.29) is 18.1 Å². The van der Waals surface area contributed by atoms with E-state index in [1.165, 1.54) is 20.0 Å². The van der Waals surface area contributed by atoms with Crippen LogP contribution < -0.4 is 0 Å². The SMILES string of the molecule is CCCCCC(O)CCN1CCC(=O)[C@H]1CC=CCCCC(=O)OC. The zero-order valence-corrected chi connectivity index (χ0v) is 15.9. The largest absolute Gasteiger partial charge is 0.469 e. The first-order chi connectivity index (χ1) is 12.1. The van der Waals surface area contributed by atoms with Gasteiger partial charge in [-0.2, -0.15) is 0 Å². The number of hydrogen-bond acceptors (Lipinski definition) is 5. The molecule has 1 fully saturated rings. The van der Waals surface area contributed by atoms with E-state index in [4.69, 9.17) is 0 Å². The van der Waals surface area contributed by atoms with Crippen LogP contribution in [0.5, 0.6) is 0 Å². The van der Waals surface area contributed by atoms with Crippen molar-refractivity contribution in [2.24, 2.45) is 0 Å². The standard InChI is InChI=1S/C20H35NO4/c1-3-4-7-10-17(22)13-15-21-16-14-19(23)18(21)11-8-5-6-9-12-20(24)25-2/h5,8,17-18,22H,3-4,6-7,9-16H2,1-2H3/t17?,18-/m1/s1.